The molecule has 17 heavy (non-hydrogen) atoms. The monoisotopic (exact) mass is 376 g/mol. The van der Waals surface area contributed by atoms with E-state index in [0.29, 0.717) is 0 Å². The minimum absolute atomic E-state index is 0.643. The molecule has 1 aromatic carbocycles. The number of aliphatic hydroxyl groups excluding tert-OH is 1. The zero-order chi connectivity index (χ0) is 12.4. The van der Waals surface area contributed by atoms with Crippen molar-refractivity contribution in [2.45, 2.75) is 6.10 Å². The molecule has 2 rings (SSSR count). The standard InChI is InChI=1S/C12H10Br2O2S/c1-16-8-5-11(17-6-8)12(15)9-4-7(13)2-3-10(9)14/h2-6,12,15H,1H3. The molecule has 5 heteroatoms. The summed E-state index contributed by atoms with van der Waals surface area (Å²) < 4.78 is 6.95. The lowest BCUT2D eigenvalue weighted by Crippen LogP contribution is -1.98. The summed E-state index contributed by atoms with van der Waals surface area (Å²) in [6.07, 6.45) is -0.643. The summed E-state index contributed by atoms with van der Waals surface area (Å²) in [7, 11) is 1.62. The molecule has 1 aromatic heterocycles. The molecule has 1 unspecified atom stereocenters. The van der Waals surface area contributed by atoms with Crippen LogP contribution in [-0.4, -0.2) is 12.2 Å². The molecule has 2 nitrogen and oxygen atoms in total. The van der Waals surface area contributed by atoms with Gasteiger partial charge >= 0.3 is 0 Å². The van der Waals surface area contributed by atoms with E-state index in [1.165, 1.54) is 11.3 Å². The first-order valence-corrected chi connectivity index (χ1v) is 7.34. The van der Waals surface area contributed by atoms with E-state index in [2.05, 4.69) is 31.9 Å². The summed E-state index contributed by atoms with van der Waals surface area (Å²) in [5, 5.41) is 12.2. The Morgan fingerprint density at radius 1 is 1.29 bits per heavy atom. The highest BCUT2D eigenvalue weighted by Gasteiger charge is 2.16. The van der Waals surface area contributed by atoms with Gasteiger partial charge in [0, 0.05) is 24.8 Å². The summed E-state index contributed by atoms with van der Waals surface area (Å²) in [5.41, 5.74) is 0.837. The Labute approximate surface area is 121 Å². The number of hydrogen-bond acceptors (Lipinski definition) is 3. The van der Waals surface area contributed by atoms with Crippen molar-refractivity contribution < 1.29 is 9.84 Å². The van der Waals surface area contributed by atoms with Crippen LogP contribution in [0.3, 0.4) is 0 Å². The maximum atomic E-state index is 10.3. The van der Waals surface area contributed by atoms with Crippen LogP contribution in [0.2, 0.25) is 0 Å². The lowest BCUT2D eigenvalue weighted by atomic mass is 10.1. The van der Waals surface area contributed by atoms with Crippen molar-refractivity contribution in [2.24, 2.45) is 0 Å². The average molecular weight is 378 g/mol. The fourth-order valence-electron chi connectivity index (χ4n) is 1.46. The summed E-state index contributed by atoms with van der Waals surface area (Å²) >= 11 is 8.33. The van der Waals surface area contributed by atoms with Gasteiger partial charge in [-0.2, -0.15) is 0 Å². The lowest BCUT2D eigenvalue weighted by molar-refractivity contribution is 0.223. The third-order valence-corrected chi connectivity index (χ3v) is 4.53. The van der Waals surface area contributed by atoms with Gasteiger partial charge in [-0.05, 0) is 24.3 Å². The predicted octanol–water partition coefficient (Wildman–Crippen LogP) is 4.36. The molecule has 0 amide bonds. The number of hydrogen-bond donors (Lipinski definition) is 1. The summed E-state index contributed by atoms with van der Waals surface area (Å²) in [6.45, 7) is 0. The maximum Gasteiger partial charge on any atom is 0.129 e. The molecule has 0 aliphatic rings. The fourth-order valence-corrected chi connectivity index (χ4v) is 3.16. The van der Waals surface area contributed by atoms with E-state index in [-0.39, 0.29) is 0 Å². The number of rotatable bonds is 3. The molecule has 0 saturated heterocycles. The molecule has 1 atom stereocenters. The van der Waals surface area contributed by atoms with Crippen LogP contribution in [0.1, 0.15) is 16.5 Å². The molecule has 0 bridgehead atoms. The largest absolute Gasteiger partial charge is 0.496 e. The normalized spacial score (nSPS) is 12.5. The molecule has 90 valence electrons. The first kappa shape index (κ1) is 13.1. The Bertz CT molecular complexity index is 525. The van der Waals surface area contributed by atoms with Crippen molar-refractivity contribution >= 4 is 43.2 Å². The molecule has 2 aromatic rings. The topological polar surface area (TPSA) is 29.5 Å². The number of benzene rings is 1. The summed E-state index contributed by atoms with van der Waals surface area (Å²) in [4.78, 5) is 0.862. The highest BCUT2D eigenvalue weighted by Crippen LogP contribution is 2.35. The molecule has 1 heterocycles. The predicted molar refractivity (Wildman–Crippen MR) is 76.8 cm³/mol. The van der Waals surface area contributed by atoms with Crippen LogP contribution in [0, 0.1) is 0 Å². The van der Waals surface area contributed by atoms with Crippen LogP contribution in [0.4, 0.5) is 0 Å². The first-order chi connectivity index (χ1) is 8.11. The summed E-state index contributed by atoms with van der Waals surface area (Å²) in [6, 6.07) is 7.59. The third-order valence-electron chi connectivity index (χ3n) is 2.35. The molecule has 1 N–H and O–H groups in total. The molecule has 0 aliphatic carbocycles. The van der Waals surface area contributed by atoms with E-state index in [4.69, 9.17) is 4.74 Å². The highest BCUT2D eigenvalue weighted by atomic mass is 79.9. The van der Waals surface area contributed by atoms with Gasteiger partial charge in [0.25, 0.3) is 0 Å². The van der Waals surface area contributed by atoms with Gasteiger partial charge in [-0.25, -0.2) is 0 Å². The zero-order valence-corrected chi connectivity index (χ0v) is 13.0. The van der Waals surface area contributed by atoms with Gasteiger partial charge in [-0.3, -0.25) is 0 Å². The number of aliphatic hydroxyl groups is 1. The van der Waals surface area contributed by atoms with E-state index in [1.54, 1.807) is 7.11 Å². The molecule has 0 saturated carbocycles. The Morgan fingerprint density at radius 3 is 2.71 bits per heavy atom. The van der Waals surface area contributed by atoms with E-state index in [9.17, 15) is 5.11 Å². The van der Waals surface area contributed by atoms with Crippen LogP contribution < -0.4 is 4.74 Å². The van der Waals surface area contributed by atoms with Crippen molar-refractivity contribution in [3.05, 3.63) is 49.0 Å². The molecular weight excluding hydrogens is 368 g/mol. The second kappa shape index (κ2) is 5.52. The number of ether oxygens (including phenoxy) is 1. The third kappa shape index (κ3) is 2.91. The fraction of sp³-hybridized carbons (Fsp3) is 0.167. The van der Waals surface area contributed by atoms with Crippen molar-refractivity contribution in [3.8, 4) is 5.75 Å². The van der Waals surface area contributed by atoms with E-state index >= 15 is 0 Å². The van der Waals surface area contributed by atoms with Gasteiger partial charge in [0.1, 0.15) is 11.9 Å². The second-order valence-corrected chi connectivity index (χ2v) is 6.17. The quantitative estimate of drug-likeness (QED) is 0.860. The average Bonchev–Trinajstić information content (AvgIpc) is 2.80. The van der Waals surface area contributed by atoms with E-state index in [0.717, 1.165) is 25.1 Å². The van der Waals surface area contributed by atoms with E-state index < -0.39 is 6.10 Å². The molecule has 0 fully saturated rings. The van der Waals surface area contributed by atoms with Crippen molar-refractivity contribution in [2.75, 3.05) is 7.11 Å². The Hall–Kier alpha value is -0.360. The number of thiophene rings is 1. The smallest absolute Gasteiger partial charge is 0.129 e. The van der Waals surface area contributed by atoms with Gasteiger partial charge in [-0.1, -0.05) is 31.9 Å². The van der Waals surface area contributed by atoms with Gasteiger partial charge in [0.15, 0.2) is 0 Å². The van der Waals surface area contributed by atoms with Gasteiger partial charge in [0.05, 0.1) is 7.11 Å². The van der Waals surface area contributed by atoms with Crippen LogP contribution >= 0.6 is 43.2 Å². The number of methoxy groups -OCH3 is 1. The Balaban J connectivity index is 2.35. The van der Waals surface area contributed by atoms with Gasteiger partial charge in [-0.15, -0.1) is 11.3 Å². The van der Waals surface area contributed by atoms with Crippen LogP contribution in [0.25, 0.3) is 0 Å². The van der Waals surface area contributed by atoms with E-state index in [1.807, 2.05) is 29.6 Å². The van der Waals surface area contributed by atoms with Crippen LogP contribution in [0.5, 0.6) is 5.75 Å². The van der Waals surface area contributed by atoms with Crippen molar-refractivity contribution in [3.63, 3.8) is 0 Å². The maximum absolute atomic E-state index is 10.3. The SMILES string of the molecule is COc1csc(C(O)c2cc(Br)ccc2Br)c1. The van der Waals surface area contributed by atoms with Gasteiger partial charge in [0.2, 0.25) is 0 Å². The van der Waals surface area contributed by atoms with Crippen molar-refractivity contribution in [1.82, 2.24) is 0 Å². The molecular formula is C12H10Br2O2S. The number of halogens is 2. The van der Waals surface area contributed by atoms with Crippen LogP contribution in [0.15, 0.2) is 38.6 Å². The Morgan fingerprint density at radius 2 is 2.06 bits per heavy atom. The second-order valence-electron chi connectivity index (χ2n) is 3.46. The Kier molecular flexibility index (Phi) is 4.25. The molecule has 0 spiro atoms. The molecule has 0 aliphatic heterocycles. The summed E-state index contributed by atoms with van der Waals surface area (Å²) in [5.74, 6) is 0.773. The van der Waals surface area contributed by atoms with Crippen LogP contribution in [-0.2, 0) is 0 Å². The van der Waals surface area contributed by atoms with Crippen molar-refractivity contribution in [1.29, 1.82) is 0 Å². The molecule has 0 radical (unpaired) electrons. The first-order valence-electron chi connectivity index (χ1n) is 4.87. The highest BCUT2D eigenvalue weighted by molar-refractivity contribution is 9.11. The zero-order valence-electron chi connectivity index (χ0n) is 8.98. The minimum Gasteiger partial charge on any atom is -0.496 e. The lowest BCUT2D eigenvalue weighted by Gasteiger charge is -2.11. The van der Waals surface area contributed by atoms with Gasteiger partial charge < -0.3 is 9.84 Å². The minimum atomic E-state index is -0.643.